The molecule has 0 aliphatic rings. The van der Waals surface area contributed by atoms with E-state index in [-0.39, 0.29) is 13.0 Å². The number of rotatable bonds is 8. The van der Waals surface area contributed by atoms with E-state index in [1.54, 1.807) is 30.3 Å². The van der Waals surface area contributed by atoms with Crippen molar-refractivity contribution in [3.8, 4) is 5.75 Å². The number of hydrogen-bond acceptors (Lipinski definition) is 6. The number of carbonyl (C=O) groups is 2. The maximum Gasteiger partial charge on any atom is 0.534 e. The second-order valence-corrected chi connectivity index (χ2v) is 7.47. The number of carboxylic acids is 1. The van der Waals surface area contributed by atoms with Crippen molar-refractivity contribution < 1.29 is 45.2 Å². The van der Waals surface area contributed by atoms with Crippen molar-refractivity contribution in [2.24, 2.45) is 0 Å². The number of hydrogen-bond donors (Lipinski definition) is 2. The molecule has 0 bridgehead atoms. The summed E-state index contributed by atoms with van der Waals surface area (Å²) in [5.41, 5.74) is -4.59. The highest BCUT2D eigenvalue weighted by Crippen LogP contribution is 2.27. The van der Waals surface area contributed by atoms with Crippen molar-refractivity contribution >= 4 is 22.2 Å². The number of alkyl carbamates (subject to hydrolysis) is 1. The van der Waals surface area contributed by atoms with Crippen LogP contribution in [-0.4, -0.2) is 37.1 Å². The predicted molar refractivity (Wildman–Crippen MR) is 96.9 cm³/mol. The number of alkyl halides is 3. The van der Waals surface area contributed by atoms with Crippen LogP contribution in [-0.2, 0) is 32.7 Å². The van der Waals surface area contributed by atoms with Gasteiger partial charge in [-0.3, -0.25) is 0 Å². The minimum Gasteiger partial charge on any atom is -0.480 e. The number of benzene rings is 2. The van der Waals surface area contributed by atoms with E-state index < -0.39 is 39.5 Å². The van der Waals surface area contributed by atoms with E-state index in [4.69, 9.17) is 4.74 Å². The molecule has 0 unspecified atom stereocenters. The third-order valence-electron chi connectivity index (χ3n) is 3.66. The number of amides is 1. The molecular formula is C18H16F3NO7S. The molecule has 2 rings (SSSR count). The van der Waals surface area contributed by atoms with Gasteiger partial charge in [0.25, 0.3) is 0 Å². The van der Waals surface area contributed by atoms with Gasteiger partial charge in [0.05, 0.1) is 0 Å². The lowest BCUT2D eigenvalue weighted by molar-refractivity contribution is -0.139. The molecule has 1 atom stereocenters. The molecule has 0 saturated heterocycles. The Morgan fingerprint density at radius 2 is 1.60 bits per heavy atom. The van der Waals surface area contributed by atoms with Crippen LogP contribution in [0.4, 0.5) is 18.0 Å². The molecule has 0 fully saturated rings. The summed E-state index contributed by atoms with van der Waals surface area (Å²) in [6, 6.07) is 11.5. The zero-order valence-electron chi connectivity index (χ0n) is 15.1. The number of carboxylic acid groups (broad SMARTS) is 1. The number of nitrogens with one attached hydrogen (secondary N) is 1. The standard InChI is InChI=1S/C18H16F3NO7S/c19-18(20,21)30(26,27)29-14-8-6-12(7-9-14)10-15(16(23)24)22-17(25)28-11-13-4-2-1-3-5-13/h1-9,15H,10-11H2,(H,22,25)(H,23,24)/t15-/m0/s1. The van der Waals surface area contributed by atoms with Gasteiger partial charge >= 0.3 is 27.7 Å². The van der Waals surface area contributed by atoms with Crippen LogP contribution in [0, 0.1) is 0 Å². The molecule has 2 aromatic rings. The summed E-state index contributed by atoms with van der Waals surface area (Å²) in [4.78, 5) is 23.2. The normalized spacial score (nSPS) is 12.6. The zero-order chi connectivity index (χ0) is 22.4. The Morgan fingerprint density at radius 1 is 1.00 bits per heavy atom. The smallest absolute Gasteiger partial charge is 0.480 e. The minimum absolute atomic E-state index is 0.0707. The van der Waals surface area contributed by atoms with Crippen molar-refractivity contribution in [2.45, 2.75) is 24.6 Å². The molecule has 0 aliphatic carbocycles. The first-order valence-corrected chi connectivity index (χ1v) is 9.68. The Labute approximate surface area is 169 Å². The molecule has 1 amide bonds. The molecule has 0 aromatic heterocycles. The highest BCUT2D eigenvalue weighted by molar-refractivity contribution is 7.88. The lowest BCUT2D eigenvalue weighted by Crippen LogP contribution is -2.42. The second kappa shape index (κ2) is 9.48. The number of halogens is 3. The van der Waals surface area contributed by atoms with Crippen molar-refractivity contribution in [1.82, 2.24) is 5.32 Å². The van der Waals surface area contributed by atoms with E-state index in [1.165, 1.54) is 12.1 Å². The topological polar surface area (TPSA) is 119 Å². The molecule has 12 heteroatoms. The predicted octanol–water partition coefficient (Wildman–Crippen LogP) is 2.84. The van der Waals surface area contributed by atoms with Crippen molar-refractivity contribution in [3.05, 3.63) is 65.7 Å². The summed E-state index contributed by atoms with van der Waals surface area (Å²) in [6.07, 6.45) is -1.20. The van der Waals surface area contributed by atoms with E-state index in [0.29, 0.717) is 11.1 Å². The molecular weight excluding hydrogens is 431 g/mol. The Morgan fingerprint density at radius 3 is 2.13 bits per heavy atom. The lowest BCUT2D eigenvalue weighted by atomic mass is 10.1. The molecule has 8 nitrogen and oxygen atoms in total. The van der Waals surface area contributed by atoms with E-state index in [1.807, 2.05) is 0 Å². The monoisotopic (exact) mass is 447 g/mol. The highest BCUT2D eigenvalue weighted by Gasteiger charge is 2.48. The van der Waals surface area contributed by atoms with Gasteiger partial charge in [0.15, 0.2) is 0 Å². The fraction of sp³-hybridized carbons (Fsp3) is 0.222. The first-order chi connectivity index (χ1) is 14.0. The quantitative estimate of drug-likeness (QED) is 0.472. The fourth-order valence-electron chi connectivity index (χ4n) is 2.20. The number of carbonyl (C=O) groups excluding carboxylic acids is 1. The maximum absolute atomic E-state index is 12.3. The molecule has 0 radical (unpaired) electrons. The number of ether oxygens (including phenoxy) is 1. The van der Waals surface area contributed by atoms with Gasteiger partial charge in [-0.25, -0.2) is 9.59 Å². The van der Waals surface area contributed by atoms with E-state index in [9.17, 15) is 36.3 Å². The highest BCUT2D eigenvalue weighted by atomic mass is 32.2. The van der Waals surface area contributed by atoms with Gasteiger partial charge < -0.3 is 19.3 Å². The first kappa shape index (κ1) is 23.0. The average molecular weight is 447 g/mol. The van der Waals surface area contributed by atoms with Crippen molar-refractivity contribution in [2.75, 3.05) is 0 Å². The summed E-state index contributed by atoms with van der Waals surface area (Å²) >= 11 is 0. The molecule has 2 aromatic carbocycles. The van der Waals surface area contributed by atoms with Crippen LogP contribution in [0.15, 0.2) is 54.6 Å². The summed E-state index contributed by atoms with van der Waals surface area (Å²) in [7, 11) is -5.81. The van der Waals surface area contributed by atoms with E-state index >= 15 is 0 Å². The van der Waals surface area contributed by atoms with Crippen LogP contribution in [0.25, 0.3) is 0 Å². The molecule has 30 heavy (non-hydrogen) atoms. The van der Waals surface area contributed by atoms with Crippen LogP contribution >= 0.6 is 0 Å². The SMILES string of the molecule is O=C(N[C@@H](Cc1ccc(OS(=O)(=O)C(F)(F)F)cc1)C(=O)O)OCc1ccccc1. The van der Waals surface area contributed by atoms with Gasteiger partial charge in [-0.1, -0.05) is 42.5 Å². The molecule has 2 N–H and O–H groups in total. The Kier molecular flexibility index (Phi) is 7.27. The summed E-state index contributed by atoms with van der Waals surface area (Å²) in [5.74, 6) is -1.97. The summed E-state index contributed by atoms with van der Waals surface area (Å²) < 4.78 is 67.8. The van der Waals surface area contributed by atoms with Gasteiger partial charge in [-0.2, -0.15) is 21.6 Å². The van der Waals surface area contributed by atoms with Gasteiger partial charge in [-0.05, 0) is 23.3 Å². The lowest BCUT2D eigenvalue weighted by Gasteiger charge is -2.15. The maximum atomic E-state index is 12.3. The third-order valence-corrected chi connectivity index (χ3v) is 4.63. The van der Waals surface area contributed by atoms with Gasteiger partial charge in [0.1, 0.15) is 18.4 Å². The largest absolute Gasteiger partial charge is 0.534 e. The van der Waals surface area contributed by atoms with Gasteiger partial charge in [-0.15, -0.1) is 0 Å². The van der Waals surface area contributed by atoms with Crippen LogP contribution in [0.3, 0.4) is 0 Å². The van der Waals surface area contributed by atoms with Gasteiger partial charge in [0.2, 0.25) is 0 Å². The van der Waals surface area contributed by atoms with Crippen LogP contribution in [0.1, 0.15) is 11.1 Å². The Hall–Kier alpha value is -3.28. The molecule has 0 heterocycles. The molecule has 162 valence electrons. The third kappa shape index (κ3) is 6.65. The fourth-order valence-corrected chi connectivity index (χ4v) is 2.66. The van der Waals surface area contributed by atoms with Crippen LogP contribution < -0.4 is 9.50 Å². The van der Waals surface area contributed by atoms with Crippen molar-refractivity contribution in [1.29, 1.82) is 0 Å². The zero-order valence-corrected chi connectivity index (χ0v) is 15.9. The Bertz CT molecular complexity index is 977. The van der Waals surface area contributed by atoms with Crippen molar-refractivity contribution in [3.63, 3.8) is 0 Å². The summed E-state index contributed by atoms with van der Waals surface area (Å²) in [5, 5.41) is 11.4. The van der Waals surface area contributed by atoms with Crippen LogP contribution in [0.5, 0.6) is 5.75 Å². The number of aliphatic carboxylic acids is 1. The summed E-state index contributed by atoms with van der Waals surface area (Å²) in [6.45, 7) is -0.0707. The molecule has 0 aliphatic heterocycles. The second-order valence-electron chi connectivity index (χ2n) is 5.93. The first-order valence-electron chi connectivity index (χ1n) is 8.27. The Balaban J connectivity index is 1.96. The van der Waals surface area contributed by atoms with Crippen LogP contribution in [0.2, 0.25) is 0 Å². The van der Waals surface area contributed by atoms with E-state index in [0.717, 1.165) is 12.1 Å². The van der Waals surface area contributed by atoms with E-state index in [2.05, 4.69) is 9.50 Å². The molecule has 0 saturated carbocycles. The minimum atomic E-state index is -5.81. The molecule has 0 spiro atoms. The van der Waals surface area contributed by atoms with Gasteiger partial charge in [0, 0.05) is 6.42 Å². The average Bonchev–Trinajstić information content (AvgIpc) is 2.67.